The standard InChI is InChI=1S/C30H31FO4/c1-33-24-13-14-27(31)26(17-24)20-6-8-21(9-7-20)28-15-12-22-10-11-23(16-29(22)35-28)25(18-30(32)34-2)19-4-3-5-19/h6-11,13-14,16-17,19,25,28H,3-5,12,15,18H2,1-2H3/t25-,28+/m1/s1. The quantitative estimate of drug-likeness (QED) is 0.345. The van der Waals surface area contributed by atoms with Crippen molar-refractivity contribution in [2.75, 3.05) is 14.2 Å². The molecule has 0 amide bonds. The molecular formula is C30H31FO4. The lowest BCUT2D eigenvalue weighted by Gasteiger charge is -2.34. The summed E-state index contributed by atoms with van der Waals surface area (Å²) in [5, 5.41) is 0. The number of benzene rings is 3. The van der Waals surface area contributed by atoms with E-state index < -0.39 is 0 Å². The molecule has 2 aliphatic rings. The van der Waals surface area contributed by atoms with Gasteiger partial charge in [0.05, 0.1) is 20.6 Å². The van der Waals surface area contributed by atoms with Gasteiger partial charge in [0.25, 0.3) is 0 Å². The lowest BCUT2D eigenvalue weighted by atomic mass is 9.71. The van der Waals surface area contributed by atoms with Gasteiger partial charge in [-0.3, -0.25) is 4.79 Å². The van der Waals surface area contributed by atoms with Crippen LogP contribution in [0.2, 0.25) is 0 Å². The van der Waals surface area contributed by atoms with E-state index in [2.05, 4.69) is 18.2 Å². The van der Waals surface area contributed by atoms with E-state index in [1.54, 1.807) is 19.2 Å². The number of ether oxygens (including phenoxy) is 3. The summed E-state index contributed by atoms with van der Waals surface area (Å²) in [5.41, 5.74) is 4.74. The second-order valence-corrected chi connectivity index (χ2v) is 9.56. The molecule has 182 valence electrons. The Morgan fingerprint density at radius 2 is 1.83 bits per heavy atom. The molecule has 35 heavy (non-hydrogen) atoms. The van der Waals surface area contributed by atoms with Crippen LogP contribution in [-0.4, -0.2) is 20.2 Å². The molecule has 4 nitrogen and oxygen atoms in total. The first kappa shape index (κ1) is 23.4. The monoisotopic (exact) mass is 474 g/mol. The van der Waals surface area contributed by atoms with E-state index >= 15 is 0 Å². The highest BCUT2D eigenvalue weighted by atomic mass is 19.1. The molecule has 1 saturated carbocycles. The number of hydrogen-bond donors (Lipinski definition) is 0. The Labute approximate surface area is 206 Å². The van der Waals surface area contributed by atoms with E-state index in [0.29, 0.717) is 23.7 Å². The van der Waals surface area contributed by atoms with Crippen LogP contribution in [0.4, 0.5) is 4.39 Å². The van der Waals surface area contributed by atoms with Crippen LogP contribution in [0.3, 0.4) is 0 Å². The van der Waals surface area contributed by atoms with Gasteiger partial charge in [-0.05, 0) is 84.0 Å². The van der Waals surface area contributed by atoms with Crippen LogP contribution in [0.15, 0.2) is 60.7 Å². The van der Waals surface area contributed by atoms with Crippen molar-refractivity contribution in [2.24, 2.45) is 5.92 Å². The molecule has 3 aromatic rings. The van der Waals surface area contributed by atoms with Gasteiger partial charge in [-0.1, -0.05) is 42.8 Å². The van der Waals surface area contributed by atoms with Crippen molar-refractivity contribution in [3.8, 4) is 22.6 Å². The number of carbonyl (C=O) groups excluding carboxylic acids is 1. The Morgan fingerprint density at radius 3 is 2.51 bits per heavy atom. The van der Waals surface area contributed by atoms with Gasteiger partial charge < -0.3 is 14.2 Å². The SMILES string of the molecule is COC(=O)C[C@@H](c1ccc2c(c1)O[C@H](c1ccc(-c3cc(OC)ccc3F)cc1)CC2)C1CCC1. The minimum Gasteiger partial charge on any atom is -0.497 e. The molecule has 1 aliphatic heterocycles. The Balaban J connectivity index is 1.35. The average Bonchev–Trinajstić information content (AvgIpc) is 2.87. The first-order valence-electron chi connectivity index (χ1n) is 12.4. The molecule has 1 heterocycles. The molecule has 3 aromatic carbocycles. The van der Waals surface area contributed by atoms with Crippen molar-refractivity contribution >= 4 is 5.97 Å². The van der Waals surface area contributed by atoms with Crippen LogP contribution < -0.4 is 9.47 Å². The van der Waals surface area contributed by atoms with E-state index in [1.165, 1.54) is 25.2 Å². The minimum atomic E-state index is -0.276. The predicted molar refractivity (Wildman–Crippen MR) is 133 cm³/mol. The summed E-state index contributed by atoms with van der Waals surface area (Å²) in [5.74, 6) is 1.78. The molecule has 5 heteroatoms. The summed E-state index contributed by atoms with van der Waals surface area (Å²) < 4.78 is 31.1. The topological polar surface area (TPSA) is 44.8 Å². The van der Waals surface area contributed by atoms with Crippen LogP contribution in [0, 0.1) is 11.7 Å². The highest BCUT2D eigenvalue weighted by Gasteiger charge is 2.32. The third kappa shape index (κ3) is 4.90. The normalized spacial score (nSPS) is 18.1. The fraction of sp³-hybridized carbons (Fsp3) is 0.367. The molecule has 0 spiro atoms. The van der Waals surface area contributed by atoms with E-state index in [4.69, 9.17) is 14.2 Å². The number of esters is 1. The first-order valence-corrected chi connectivity index (χ1v) is 12.4. The summed E-state index contributed by atoms with van der Waals surface area (Å²) in [4.78, 5) is 12.1. The van der Waals surface area contributed by atoms with Crippen molar-refractivity contribution in [3.63, 3.8) is 0 Å². The Kier molecular flexibility index (Phi) is 6.76. The summed E-state index contributed by atoms with van der Waals surface area (Å²) in [6, 6.07) is 19.1. The fourth-order valence-electron chi connectivity index (χ4n) is 5.24. The summed E-state index contributed by atoms with van der Waals surface area (Å²) in [6.07, 6.45) is 5.69. The molecule has 0 saturated heterocycles. The average molecular weight is 475 g/mol. The number of methoxy groups -OCH3 is 2. The third-order valence-corrected chi connectivity index (χ3v) is 7.56. The molecule has 2 atom stereocenters. The predicted octanol–water partition coefficient (Wildman–Crippen LogP) is 7.01. The maximum absolute atomic E-state index is 14.4. The van der Waals surface area contributed by atoms with Crippen molar-refractivity contribution in [2.45, 2.75) is 50.5 Å². The van der Waals surface area contributed by atoms with Crippen molar-refractivity contribution in [3.05, 3.63) is 83.2 Å². The molecular weight excluding hydrogens is 443 g/mol. The smallest absolute Gasteiger partial charge is 0.306 e. The number of halogens is 1. The molecule has 5 rings (SSSR count). The van der Waals surface area contributed by atoms with Gasteiger partial charge in [-0.25, -0.2) is 4.39 Å². The van der Waals surface area contributed by atoms with Gasteiger partial charge in [0.1, 0.15) is 23.4 Å². The number of rotatable bonds is 7. The Morgan fingerprint density at radius 1 is 1.03 bits per heavy atom. The zero-order valence-electron chi connectivity index (χ0n) is 20.3. The Hall–Kier alpha value is -3.34. The summed E-state index contributed by atoms with van der Waals surface area (Å²) >= 11 is 0. The van der Waals surface area contributed by atoms with E-state index in [1.807, 2.05) is 24.3 Å². The van der Waals surface area contributed by atoms with E-state index in [-0.39, 0.29) is 23.8 Å². The Bertz CT molecular complexity index is 1200. The molecule has 0 radical (unpaired) electrons. The van der Waals surface area contributed by atoms with Crippen LogP contribution in [0.1, 0.15) is 60.8 Å². The minimum absolute atomic E-state index is 0.0651. The lowest BCUT2D eigenvalue weighted by molar-refractivity contribution is -0.141. The highest BCUT2D eigenvalue weighted by Crippen LogP contribution is 2.44. The maximum Gasteiger partial charge on any atom is 0.306 e. The summed E-state index contributed by atoms with van der Waals surface area (Å²) in [6.45, 7) is 0. The van der Waals surface area contributed by atoms with Gasteiger partial charge >= 0.3 is 5.97 Å². The zero-order chi connectivity index (χ0) is 24.4. The fourth-order valence-corrected chi connectivity index (χ4v) is 5.24. The molecule has 1 aliphatic carbocycles. The van der Waals surface area contributed by atoms with Crippen LogP contribution in [0.5, 0.6) is 11.5 Å². The molecule has 0 bridgehead atoms. The molecule has 1 fully saturated rings. The van der Waals surface area contributed by atoms with Crippen LogP contribution in [-0.2, 0) is 16.0 Å². The highest BCUT2D eigenvalue weighted by molar-refractivity contribution is 5.70. The largest absolute Gasteiger partial charge is 0.497 e. The van der Waals surface area contributed by atoms with Gasteiger partial charge in [-0.15, -0.1) is 0 Å². The van der Waals surface area contributed by atoms with E-state index in [9.17, 15) is 9.18 Å². The van der Waals surface area contributed by atoms with Crippen molar-refractivity contribution < 1.29 is 23.4 Å². The van der Waals surface area contributed by atoms with Gasteiger partial charge in [0.15, 0.2) is 0 Å². The zero-order valence-corrected chi connectivity index (χ0v) is 20.3. The molecule has 0 aromatic heterocycles. The van der Waals surface area contributed by atoms with Crippen molar-refractivity contribution in [1.82, 2.24) is 0 Å². The first-order chi connectivity index (χ1) is 17.1. The molecule has 0 N–H and O–H groups in total. The van der Waals surface area contributed by atoms with Gasteiger partial charge in [-0.2, -0.15) is 0 Å². The van der Waals surface area contributed by atoms with Crippen molar-refractivity contribution in [1.29, 1.82) is 0 Å². The number of fused-ring (bicyclic) bond motifs is 1. The molecule has 0 unspecified atom stereocenters. The number of aryl methyl sites for hydroxylation is 1. The maximum atomic E-state index is 14.4. The summed E-state index contributed by atoms with van der Waals surface area (Å²) in [7, 11) is 3.03. The van der Waals surface area contributed by atoms with Gasteiger partial charge in [0.2, 0.25) is 0 Å². The lowest BCUT2D eigenvalue weighted by Crippen LogP contribution is -2.24. The van der Waals surface area contributed by atoms with E-state index in [0.717, 1.165) is 48.1 Å². The van der Waals surface area contributed by atoms with Gasteiger partial charge in [0, 0.05) is 5.56 Å². The number of carbonyl (C=O) groups is 1. The van der Waals surface area contributed by atoms with Crippen LogP contribution in [0.25, 0.3) is 11.1 Å². The second kappa shape index (κ2) is 10.1. The van der Waals surface area contributed by atoms with Crippen LogP contribution >= 0.6 is 0 Å². The second-order valence-electron chi connectivity index (χ2n) is 9.56. The third-order valence-electron chi connectivity index (χ3n) is 7.56. The number of hydrogen-bond acceptors (Lipinski definition) is 4.